The first-order valence-electron chi connectivity index (χ1n) is 8.05. The summed E-state index contributed by atoms with van der Waals surface area (Å²) in [5.74, 6) is 0.410. The van der Waals surface area contributed by atoms with Crippen molar-refractivity contribution in [1.29, 1.82) is 0 Å². The fraction of sp³-hybridized carbons (Fsp3) is 0.263. The Hall–Kier alpha value is -2.73. The lowest BCUT2D eigenvalue weighted by Gasteiger charge is -2.09. The summed E-state index contributed by atoms with van der Waals surface area (Å²) in [5, 5.41) is 3.29. The van der Waals surface area contributed by atoms with Crippen LogP contribution in [-0.4, -0.2) is 38.7 Å². The van der Waals surface area contributed by atoms with Crippen LogP contribution in [0.5, 0.6) is 11.5 Å². The number of carbonyl (C=O) groups is 2. The molecule has 2 aromatic carbocycles. The lowest BCUT2D eigenvalue weighted by atomic mass is 10.2. The number of ether oxygens (including phenoxy) is 3. The summed E-state index contributed by atoms with van der Waals surface area (Å²) in [7, 11) is 1.50. The van der Waals surface area contributed by atoms with E-state index in [2.05, 4.69) is 5.32 Å². The highest BCUT2D eigenvalue weighted by atomic mass is 35.5. The predicted molar refractivity (Wildman–Crippen MR) is 97.9 cm³/mol. The van der Waals surface area contributed by atoms with Gasteiger partial charge in [-0.1, -0.05) is 23.7 Å². The van der Waals surface area contributed by atoms with Crippen LogP contribution in [0.3, 0.4) is 0 Å². The van der Waals surface area contributed by atoms with Crippen LogP contribution in [0, 0.1) is 0 Å². The largest absolute Gasteiger partial charge is 0.496 e. The van der Waals surface area contributed by atoms with Gasteiger partial charge in [0, 0.05) is 11.6 Å². The van der Waals surface area contributed by atoms with E-state index < -0.39 is 5.97 Å². The van der Waals surface area contributed by atoms with E-state index in [1.807, 2.05) is 0 Å². The SMILES string of the molecule is COc1ccccc1C(=O)NCCC(=O)OCCOc1ccc(Cl)cc1. The number of nitrogens with one attached hydrogen (secondary N) is 1. The average Bonchev–Trinajstić information content (AvgIpc) is 2.66. The lowest BCUT2D eigenvalue weighted by molar-refractivity contribution is -0.144. The van der Waals surface area contributed by atoms with Crippen molar-refractivity contribution in [1.82, 2.24) is 5.32 Å². The Balaban J connectivity index is 1.62. The molecule has 0 saturated heterocycles. The van der Waals surface area contributed by atoms with Crippen LogP contribution >= 0.6 is 11.6 Å². The summed E-state index contributed by atoms with van der Waals surface area (Å²) in [4.78, 5) is 23.7. The van der Waals surface area contributed by atoms with Crippen LogP contribution in [0.4, 0.5) is 0 Å². The molecule has 0 spiro atoms. The van der Waals surface area contributed by atoms with Gasteiger partial charge in [0.25, 0.3) is 5.91 Å². The number of methoxy groups -OCH3 is 1. The summed E-state index contributed by atoms with van der Waals surface area (Å²) in [6, 6.07) is 13.8. The first kappa shape index (κ1) is 19.6. The van der Waals surface area contributed by atoms with Crippen molar-refractivity contribution in [2.24, 2.45) is 0 Å². The molecule has 1 amide bonds. The minimum absolute atomic E-state index is 0.0713. The zero-order valence-corrected chi connectivity index (χ0v) is 15.1. The van der Waals surface area contributed by atoms with Crippen molar-refractivity contribution < 1.29 is 23.8 Å². The molecule has 0 fully saturated rings. The van der Waals surface area contributed by atoms with Gasteiger partial charge >= 0.3 is 5.97 Å². The van der Waals surface area contributed by atoms with E-state index in [1.54, 1.807) is 48.5 Å². The van der Waals surface area contributed by atoms with Crippen LogP contribution in [0.1, 0.15) is 16.8 Å². The number of hydrogen-bond acceptors (Lipinski definition) is 5. The zero-order valence-electron chi connectivity index (χ0n) is 14.4. The smallest absolute Gasteiger partial charge is 0.307 e. The Morgan fingerprint density at radius 1 is 1.04 bits per heavy atom. The first-order valence-corrected chi connectivity index (χ1v) is 8.43. The second-order valence-electron chi connectivity index (χ2n) is 5.23. The van der Waals surface area contributed by atoms with Crippen LogP contribution < -0.4 is 14.8 Å². The van der Waals surface area contributed by atoms with E-state index in [9.17, 15) is 9.59 Å². The number of benzene rings is 2. The molecule has 0 unspecified atom stereocenters. The Morgan fingerprint density at radius 2 is 1.77 bits per heavy atom. The number of rotatable bonds is 9. The van der Waals surface area contributed by atoms with E-state index in [0.717, 1.165) is 0 Å². The summed E-state index contributed by atoms with van der Waals surface area (Å²) >= 11 is 5.78. The molecule has 0 aliphatic rings. The predicted octanol–water partition coefficient (Wildman–Crippen LogP) is 3.09. The molecule has 0 heterocycles. The second kappa shape index (κ2) is 10.3. The first-order chi connectivity index (χ1) is 12.6. The van der Waals surface area contributed by atoms with Gasteiger partial charge in [0.05, 0.1) is 19.1 Å². The quantitative estimate of drug-likeness (QED) is 0.537. The molecule has 0 aromatic heterocycles. The van der Waals surface area contributed by atoms with Crippen molar-refractivity contribution >= 4 is 23.5 Å². The molecule has 7 heteroatoms. The number of para-hydroxylation sites is 1. The number of amides is 1. The van der Waals surface area contributed by atoms with Gasteiger partial charge in [-0.25, -0.2) is 0 Å². The minimum Gasteiger partial charge on any atom is -0.496 e. The van der Waals surface area contributed by atoms with Crippen molar-refractivity contribution in [3.8, 4) is 11.5 Å². The third-order valence-corrected chi connectivity index (χ3v) is 3.65. The van der Waals surface area contributed by atoms with Gasteiger partial charge in [0.1, 0.15) is 24.7 Å². The fourth-order valence-electron chi connectivity index (χ4n) is 2.12. The van der Waals surface area contributed by atoms with Gasteiger partial charge in [-0.15, -0.1) is 0 Å². The molecular formula is C19H20ClNO5. The number of carbonyl (C=O) groups excluding carboxylic acids is 2. The lowest BCUT2D eigenvalue weighted by Crippen LogP contribution is -2.27. The molecule has 0 saturated carbocycles. The van der Waals surface area contributed by atoms with Crippen molar-refractivity contribution in [3.63, 3.8) is 0 Å². The molecule has 2 rings (SSSR count). The maximum absolute atomic E-state index is 12.1. The van der Waals surface area contributed by atoms with Crippen molar-refractivity contribution in [3.05, 3.63) is 59.1 Å². The van der Waals surface area contributed by atoms with Gasteiger partial charge in [-0.05, 0) is 36.4 Å². The van der Waals surface area contributed by atoms with Crippen LogP contribution in [-0.2, 0) is 9.53 Å². The summed E-state index contributed by atoms with van der Waals surface area (Å²) in [6.45, 7) is 0.538. The highest BCUT2D eigenvalue weighted by Gasteiger charge is 2.11. The van der Waals surface area contributed by atoms with Gasteiger partial charge in [0.2, 0.25) is 0 Å². The maximum atomic E-state index is 12.1. The number of hydrogen-bond donors (Lipinski definition) is 1. The van der Waals surface area contributed by atoms with E-state index >= 15 is 0 Å². The molecule has 26 heavy (non-hydrogen) atoms. The standard InChI is InChI=1S/C19H20ClNO5/c1-24-17-5-3-2-4-16(17)19(23)21-11-10-18(22)26-13-12-25-15-8-6-14(20)7-9-15/h2-9H,10-13H2,1H3,(H,21,23). The molecule has 2 aromatic rings. The van der Waals surface area contributed by atoms with Gasteiger partial charge in [-0.3, -0.25) is 9.59 Å². The molecule has 0 aliphatic heterocycles. The summed E-state index contributed by atoms with van der Waals surface area (Å²) < 4.78 is 15.6. The van der Waals surface area contributed by atoms with Crippen molar-refractivity contribution in [2.45, 2.75) is 6.42 Å². The summed E-state index contributed by atoms with van der Waals surface area (Å²) in [6.07, 6.45) is 0.0713. The third kappa shape index (κ3) is 6.29. The average molecular weight is 378 g/mol. The minimum atomic E-state index is -0.412. The second-order valence-corrected chi connectivity index (χ2v) is 5.67. The summed E-state index contributed by atoms with van der Waals surface area (Å²) in [5.41, 5.74) is 0.416. The molecule has 0 radical (unpaired) electrons. The molecule has 138 valence electrons. The molecule has 0 bridgehead atoms. The fourth-order valence-corrected chi connectivity index (χ4v) is 2.25. The van der Waals surface area contributed by atoms with Gasteiger partial charge < -0.3 is 19.5 Å². The highest BCUT2D eigenvalue weighted by molar-refractivity contribution is 6.30. The Bertz CT molecular complexity index is 733. The topological polar surface area (TPSA) is 73.9 Å². The monoisotopic (exact) mass is 377 g/mol. The van der Waals surface area contributed by atoms with Crippen LogP contribution in [0.25, 0.3) is 0 Å². The van der Waals surface area contributed by atoms with Crippen LogP contribution in [0.15, 0.2) is 48.5 Å². The zero-order chi connectivity index (χ0) is 18.8. The third-order valence-electron chi connectivity index (χ3n) is 3.40. The normalized spacial score (nSPS) is 10.1. The Labute approximate surface area is 157 Å². The molecule has 1 N–H and O–H groups in total. The van der Waals surface area contributed by atoms with Crippen molar-refractivity contribution in [2.75, 3.05) is 26.9 Å². The number of esters is 1. The highest BCUT2D eigenvalue weighted by Crippen LogP contribution is 2.17. The van der Waals surface area contributed by atoms with E-state index in [4.69, 9.17) is 25.8 Å². The number of halogens is 1. The van der Waals surface area contributed by atoms with E-state index in [1.165, 1.54) is 7.11 Å². The molecule has 0 aliphatic carbocycles. The Morgan fingerprint density at radius 3 is 2.50 bits per heavy atom. The van der Waals surface area contributed by atoms with E-state index in [-0.39, 0.29) is 32.1 Å². The van der Waals surface area contributed by atoms with Gasteiger partial charge in [0.15, 0.2) is 0 Å². The maximum Gasteiger partial charge on any atom is 0.307 e. The molecule has 6 nitrogen and oxygen atoms in total. The Kier molecular flexibility index (Phi) is 7.76. The van der Waals surface area contributed by atoms with E-state index in [0.29, 0.717) is 22.1 Å². The molecular weight excluding hydrogens is 358 g/mol. The van der Waals surface area contributed by atoms with Gasteiger partial charge in [-0.2, -0.15) is 0 Å². The van der Waals surface area contributed by atoms with Crippen LogP contribution in [0.2, 0.25) is 5.02 Å². The molecule has 0 atom stereocenters.